The number of amides is 1. The molecular formula is C28H33N3O5. The van der Waals surface area contributed by atoms with Crippen LogP contribution in [-0.4, -0.2) is 50.4 Å². The van der Waals surface area contributed by atoms with Gasteiger partial charge in [0.05, 0.1) is 42.8 Å². The van der Waals surface area contributed by atoms with E-state index in [4.69, 9.17) is 9.72 Å². The van der Waals surface area contributed by atoms with Gasteiger partial charge in [0.15, 0.2) is 0 Å². The first-order chi connectivity index (χ1) is 17.4. The highest BCUT2D eigenvalue weighted by atomic mass is 16.5. The van der Waals surface area contributed by atoms with Gasteiger partial charge >= 0.3 is 12.1 Å². The van der Waals surface area contributed by atoms with Gasteiger partial charge in [-0.2, -0.15) is 0 Å². The summed E-state index contributed by atoms with van der Waals surface area (Å²) in [6.45, 7) is 3.03. The molecule has 1 saturated carbocycles. The Balaban J connectivity index is 1.60. The lowest BCUT2D eigenvalue weighted by Crippen LogP contribution is -2.35. The lowest BCUT2D eigenvalue weighted by Gasteiger charge is -2.30. The van der Waals surface area contributed by atoms with Gasteiger partial charge in [-0.1, -0.05) is 36.4 Å². The number of fused-ring (bicyclic) bond motifs is 3. The van der Waals surface area contributed by atoms with Gasteiger partial charge in [-0.3, -0.25) is 4.79 Å². The van der Waals surface area contributed by atoms with Crippen molar-refractivity contribution in [3.8, 4) is 0 Å². The van der Waals surface area contributed by atoms with Crippen LogP contribution in [-0.2, 0) is 22.5 Å². The zero-order valence-electron chi connectivity index (χ0n) is 20.8. The van der Waals surface area contributed by atoms with E-state index in [1.54, 1.807) is 4.90 Å². The van der Waals surface area contributed by atoms with Gasteiger partial charge in [0.1, 0.15) is 5.82 Å². The molecule has 1 amide bonds. The Hall–Kier alpha value is -3.39. The van der Waals surface area contributed by atoms with E-state index in [-0.39, 0.29) is 24.0 Å². The van der Waals surface area contributed by atoms with Gasteiger partial charge in [-0.15, -0.1) is 0 Å². The van der Waals surface area contributed by atoms with Gasteiger partial charge in [-0.05, 0) is 56.2 Å². The van der Waals surface area contributed by atoms with Gasteiger partial charge in [0.2, 0.25) is 0 Å². The molecule has 1 fully saturated rings. The molecule has 190 valence electrons. The minimum absolute atomic E-state index is 0.106. The monoisotopic (exact) mass is 491 g/mol. The first-order valence-electron chi connectivity index (χ1n) is 12.7. The van der Waals surface area contributed by atoms with E-state index in [1.165, 1.54) is 12.7 Å². The third kappa shape index (κ3) is 4.34. The number of carbonyl (C=O) groups excluding carboxylic acids is 1. The Morgan fingerprint density at radius 2 is 1.81 bits per heavy atom. The van der Waals surface area contributed by atoms with Crippen LogP contribution in [0.3, 0.4) is 0 Å². The minimum Gasteiger partial charge on any atom is -0.481 e. The predicted molar refractivity (Wildman–Crippen MR) is 135 cm³/mol. The highest BCUT2D eigenvalue weighted by molar-refractivity contribution is 5.82. The van der Waals surface area contributed by atoms with Gasteiger partial charge in [0.25, 0.3) is 0 Å². The number of carbonyl (C=O) groups is 2. The maximum atomic E-state index is 12.3. The van der Waals surface area contributed by atoms with Gasteiger partial charge < -0.3 is 24.4 Å². The number of nitrogens with zero attached hydrogens (tertiary/aromatic N) is 3. The van der Waals surface area contributed by atoms with E-state index >= 15 is 0 Å². The molecule has 2 aliphatic rings. The van der Waals surface area contributed by atoms with Crippen LogP contribution in [0.15, 0.2) is 42.5 Å². The Kier molecular flexibility index (Phi) is 6.71. The second kappa shape index (κ2) is 9.93. The molecule has 8 nitrogen and oxygen atoms in total. The molecule has 2 N–H and O–H groups in total. The molecule has 2 aromatic carbocycles. The van der Waals surface area contributed by atoms with Crippen LogP contribution >= 0.6 is 0 Å². The summed E-state index contributed by atoms with van der Waals surface area (Å²) in [6, 6.07) is 13.5. The summed E-state index contributed by atoms with van der Waals surface area (Å²) < 4.78 is 7.12. The average Bonchev–Trinajstić information content (AvgIpc) is 3.32. The Morgan fingerprint density at radius 3 is 2.47 bits per heavy atom. The maximum Gasteiger partial charge on any atom is 0.409 e. The average molecular weight is 492 g/mol. The van der Waals surface area contributed by atoms with Crippen molar-refractivity contribution >= 4 is 23.1 Å². The standard InChI is InChI=1S/C28H33N3O5/c1-17(25(32)19-6-4-3-5-7-19)31-23-13-12-18-14-15-30(28(35)36-2)16-22(18)24(23)29-26(31)20-8-10-21(11-9-20)27(33)34/h3-7,12-13,17,20-21,25,32H,8-11,14-16H2,1-2H3,(H,33,34)/t17-,20-,21-,25-/m0/s1. The number of aromatic nitrogens is 2. The second-order valence-corrected chi connectivity index (χ2v) is 10.0. The number of ether oxygens (including phenoxy) is 1. The largest absolute Gasteiger partial charge is 0.481 e. The summed E-state index contributed by atoms with van der Waals surface area (Å²) in [5.41, 5.74) is 4.80. The van der Waals surface area contributed by atoms with Crippen LogP contribution in [0.4, 0.5) is 4.79 Å². The molecule has 5 rings (SSSR count). The molecule has 8 heteroatoms. The Labute approximate surface area is 210 Å². The lowest BCUT2D eigenvalue weighted by atomic mass is 9.81. The summed E-state index contributed by atoms with van der Waals surface area (Å²) in [6.07, 6.45) is 2.36. The van der Waals surface area contributed by atoms with Crippen molar-refractivity contribution in [2.45, 2.75) is 63.6 Å². The molecule has 2 atom stereocenters. The fourth-order valence-electron chi connectivity index (χ4n) is 5.88. The van der Waals surface area contributed by atoms with Crippen molar-refractivity contribution < 1.29 is 24.5 Å². The first kappa shape index (κ1) is 24.3. The minimum atomic E-state index is -0.736. The topological polar surface area (TPSA) is 105 Å². The fraction of sp³-hybridized carbons (Fsp3) is 0.464. The van der Waals surface area contributed by atoms with Gasteiger partial charge in [0, 0.05) is 18.0 Å². The van der Waals surface area contributed by atoms with Crippen LogP contribution in [0.1, 0.15) is 73.2 Å². The number of imidazole rings is 1. The predicted octanol–water partition coefficient (Wildman–Crippen LogP) is 4.81. The number of carboxylic acids is 1. The molecule has 1 aromatic heterocycles. The number of carboxylic acid groups (broad SMARTS) is 1. The highest BCUT2D eigenvalue weighted by Crippen LogP contribution is 2.41. The van der Waals surface area contributed by atoms with Crippen molar-refractivity contribution in [3.05, 3.63) is 65.0 Å². The zero-order chi connectivity index (χ0) is 25.4. The molecule has 3 aromatic rings. The number of benzene rings is 2. The molecule has 36 heavy (non-hydrogen) atoms. The van der Waals surface area contributed by atoms with E-state index in [0.717, 1.165) is 47.2 Å². The quantitative estimate of drug-likeness (QED) is 0.531. The van der Waals surface area contributed by atoms with E-state index in [9.17, 15) is 19.8 Å². The molecular weight excluding hydrogens is 458 g/mol. The van der Waals surface area contributed by atoms with E-state index < -0.39 is 12.1 Å². The number of rotatable bonds is 5. The highest BCUT2D eigenvalue weighted by Gasteiger charge is 2.34. The van der Waals surface area contributed by atoms with E-state index in [1.807, 2.05) is 37.3 Å². The van der Waals surface area contributed by atoms with Crippen molar-refractivity contribution in [3.63, 3.8) is 0 Å². The molecule has 0 saturated heterocycles. The van der Waals surface area contributed by atoms with Crippen molar-refractivity contribution in [1.82, 2.24) is 14.5 Å². The third-order valence-electron chi connectivity index (χ3n) is 7.97. The molecule has 0 bridgehead atoms. The number of aliphatic hydroxyl groups excluding tert-OH is 1. The number of hydrogen-bond acceptors (Lipinski definition) is 5. The maximum absolute atomic E-state index is 12.3. The van der Waals surface area contributed by atoms with Crippen molar-refractivity contribution in [1.29, 1.82) is 0 Å². The molecule has 2 heterocycles. The van der Waals surface area contributed by atoms with E-state index in [0.29, 0.717) is 25.9 Å². The number of methoxy groups -OCH3 is 1. The smallest absolute Gasteiger partial charge is 0.409 e. The summed E-state index contributed by atoms with van der Waals surface area (Å²) in [4.78, 5) is 30.7. The van der Waals surface area contributed by atoms with Crippen LogP contribution in [0, 0.1) is 5.92 Å². The first-order valence-corrected chi connectivity index (χ1v) is 12.7. The molecule has 0 unspecified atom stereocenters. The summed E-state index contributed by atoms with van der Waals surface area (Å²) in [5.74, 6) is -0.0473. The summed E-state index contributed by atoms with van der Waals surface area (Å²) in [7, 11) is 1.39. The zero-order valence-corrected chi connectivity index (χ0v) is 20.8. The SMILES string of the molecule is COC(=O)N1CCc2ccc3c(nc([C@H]4CC[C@H](C(=O)O)CC4)n3[C@@H](C)[C@H](O)c3ccccc3)c2C1. The normalized spacial score (nSPS) is 21.6. The van der Waals surface area contributed by atoms with Crippen LogP contribution < -0.4 is 0 Å². The van der Waals surface area contributed by atoms with Crippen LogP contribution in [0.25, 0.3) is 11.0 Å². The summed E-state index contributed by atoms with van der Waals surface area (Å²) >= 11 is 0. The number of aliphatic hydroxyl groups is 1. The van der Waals surface area contributed by atoms with Crippen molar-refractivity contribution in [2.75, 3.05) is 13.7 Å². The second-order valence-electron chi connectivity index (χ2n) is 10.0. The number of aliphatic carboxylic acids is 1. The molecule has 1 aliphatic carbocycles. The molecule has 0 spiro atoms. The van der Waals surface area contributed by atoms with Crippen LogP contribution in [0.2, 0.25) is 0 Å². The molecule has 1 aliphatic heterocycles. The summed E-state index contributed by atoms with van der Waals surface area (Å²) in [5, 5.41) is 20.8. The van der Waals surface area contributed by atoms with Gasteiger partial charge in [-0.25, -0.2) is 9.78 Å². The Morgan fingerprint density at radius 1 is 1.08 bits per heavy atom. The lowest BCUT2D eigenvalue weighted by molar-refractivity contribution is -0.142. The Bertz CT molecular complexity index is 1260. The van der Waals surface area contributed by atoms with Crippen LogP contribution in [0.5, 0.6) is 0 Å². The molecule has 0 radical (unpaired) electrons. The number of hydrogen-bond donors (Lipinski definition) is 2. The van der Waals surface area contributed by atoms with E-state index in [2.05, 4.69) is 16.7 Å². The fourth-order valence-corrected chi connectivity index (χ4v) is 5.88. The third-order valence-corrected chi connectivity index (χ3v) is 7.97. The van der Waals surface area contributed by atoms with Crippen molar-refractivity contribution in [2.24, 2.45) is 5.92 Å².